The lowest BCUT2D eigenvalue weighted by Gasteiger charge is -2.02. The standard InChI is InChI=1S/C11H11FO3/c1-2-15-11(14)6-8-3-4-9(7-13)10(12)5-8/h3-5,7H,2,6H2,1H3. The molecule has 0 aliphatic heterocycles. The van der Waals surface area contributed by atoms with E-state index in [4.69, 9.17) is 4.74 Å². The molecule has 0 bridgehead atoms. The summed E-state index contributed by atoms with van der Waals surface area (Å²) in [7, 11) is 0. The number of benzene rings is 1. The van der Waals surface area contributed by atoms with Crippen molar-refractivity contribution in [3.05, 3.63) is 35.1 Å². The van der Waals surface area contributed by atoms with Crippen molar-refractivity contribution in [3.8, 4) is 0 Å². The summed E-state index contributed by atoms with van der Waals surface area (Å²) in [6.45, 7) is 2.00. The maximum Gasteiger partial charge on any atom is 0.310 e. The van der Waals surface area contributed by atoms with Crippen LogP contribution in [0.2, 0.25) is 0 Å². The predicted octanol–water partition coefficient (Wildman–Crippen LogP) is 1.74. The van der Waals surface area contributed by atoms with Gasteiger partial charge in [0.1, 0.15) is 5.82 Å². The van der Waals surface area contributed by atoms with Gasteiger partial charge in [-0.2, -0.15) is 0 Å². The summed E-state index contributed by atoms with van der Waals surface area (Å²) < 4.78 is 17.8. The lowest BCUT2D eigenvalue weighted by Crippen LogP contribution is -2.07. The van der Waals surface area contributed by atoms with Crippen molar-refractivity contribution in [1.82, 2.24) is 0 Å². The molecule has 0 unspecified atom stereocenters. The Balaban J connectivity index is 2.75. The van der Waals surface area contributed by atoms with Gasteiger partial charge in [-0.25, -0.2) is 4.39 Å². The number of aldehydes is 1. The average Bonchev–Trinajstić information content (AvgIpc) is 2.18. The van der Waals surface area contributed by atoms with E-state index >= 15 is 0 Å². The van der Waals surface area contributed by atoms with Crippen LogP contribution in [0.1, 0.15) is 22.8 Å². The van der Waals surface area contributed by atoms with E-state index in [1.165, 1.54) is 18.2 Å². The number of halogens is 1. The highest BCUT2D eigenvalue weighted by atomic mass is 19.1. The molecule has 1 rings (SSSR count). The van der Waals surface area contributed by atoms with Crippen LogP contribution >= 0.6 is 0 Å². The molecule has 80 valence electrons. The van der Waals surface area contributed by atoms with Crippen LogP contribution in [0.3, 0.4) is 0 Å². The Kier molecular flexibility index (Phi) is 3.97. The quantitative estimate of drug-likeness (QED) is 0.561. The zero-order valence-corrected chi connectivity index (χ0v) is 8.33. The highest BCUT2D eigenvalue weighted by molar-refractivity contribution is 5.76. The lowest BCUT2D eigenvalue weighted by atomic mass is 10.1. The Bertz CT molecular complexity index is 374. The van der Waals surface area contributed by atoms with Gasteiger partial charge >= 0.3 is 5.97 Å². The van der Waals surface area contributed by atoms with Crippen LogP contribution < -0.4 is 0 Å². The first-order valence-corrected chi connectivity index (χ1v) is 4.56. The van der Waals surface area contributed by atoms with Gasteiger partial charge in [0.2, 0.25) is 0 Å². The summed E-state index contributed by atoms with van der Waals surface area (Å²) in [6, 6.07) is 4.04. The average molecular weight is 210 g/mol. The van der Waals surface area contributed by atoms with Gasteiger partial charge in [-0.15, -0.1) is 0 Å². The Morgan fingerprint density at radius 1 is 1.53 bits per heavy atom. The van der Waals surface area contributed by atoms with Gasteiger partial charge < -0.3 is 4.74 Å². The molecule has 0 aliphatic rings. The van der Waals surface area contributed by atoms with E-state index in [1.54, 1.807) is 6.92 Å². The van der Waals surface area contributed by atoms with E-state index in [9.17, 15) is 14.0 Å². The molecule has 0 saturated carbocycles. The largest absolute Gasteiger partial charge is 0.466 e. The number of carbonyl (C=O) groups is 2. The van der Waals surface area contributed by atoms with Gasteiger partial charge in [-0.1, -0.05) is 6.07 Å². The maximum absolute atomic E-state index is 13.1. The number of carbonyl (C=O) groups excluding carboxylic acids is 2. The predicted molar refractivity (Wildman–Crippen MR) is 52.1 cm³/mol. The van der Waals surface area contributed by atoms with Crippen molar-refractivity contribution in [3.63, 3.8) is 0 Å². The first-order chi connectivity index (χ1) is 7.17. The van der Waals surface area contributed by atoms with E-state index in [-0.39, 0.29) is 12.0 Å². The smallest absolute Gasteiger partial charge is 0.310 e. The fourth-order valence-electron chi connectivity index (χ4n) is 1.15. The summed E-state index contributed by atoms with van der Waals surface area (Å²) in [5.41, 5.74) is 0.485. The molecule has 0 fully saturated rings. The molecule has 0 atom stereocenters. The summed E-state index contributed by atoms with van der Waals surface area (Å²) in [6.07, 6.45) is 0.452. The lowest BCUT2D eigenvalue weighted by molar-refractivity contribution is -0.142. The van der Waals surface area contributed by atoms with Crippen molar-refractivity contribution < 1.29 is 18.7 Å². The van der Waals surface area contributed by atoms with E-state index in [2.05, 4.69) is 0 Å². The second kappa shape index (κ2) is 5.24. The minimum atomic E-state index is -0.619. The first kappa shape index (κ1) is 11.4. The van der Waals surface area contributed by atoms with Crippen LogP contribution in [-0.4, -0.2) is 18.9 Å². The topological polar surface area (TPSA) is 43.4 Å². The van der Waals surface area contributed by atoms with Gasteiger partial charge in [-0.05, 0) is 24.6 Å². The van der Waals surface area contributed by atoms with Gasteiger partial charge in [0.25, 0.3) is 0 Å². The molecule has 1 aromatic rings. The van der Waals surface area contributed by atoms with Crippen LogP contribution in [0.15, 0.2) is 18.2 Å². The SMILES string of the molecule is CCOC(=O)Cc1ccc(C=O)c(F)c1. The highest BCUT2D eigenvalue weighted by Crippen LogP contribution is 2.09. The van der Waals surface area contributed by atoms with E-state index in [0.29, 0.717) is 18.5 Å². The van der Waals surface area contributed by atoms with Gasteiger partial charge in [-0.3, -0.25) is 9.59 Å². The monoisotopic (exact) mass is 210 g/mol. The molecule has 15 heavy (non-hydrogen) atoms. The molecular weight excluding hydrogens is 199 g/mol. The van der Waals surface area contributed by atoms with Crippen molar-refractivity contribution in [2.45, 2.75) is 13.3 Å². The molecule has 0 N–H and O–H groups in total. The second-order valence-corrected chi connectivity index (χ2v) is 2.96. The third-order valence-electron chi connectivity index (χ3n) is 1.85. The molecule has 4 heteroatoms. The fraction of sp³-hybridized carbons (Fsp3) is 0.273. The van der Waals surface area contributed by atoms with E-state index in [1.807, 2.05) is 0 Å². The van der Waals surface area contributed by atoms with Crippen LogP contribution in [0.25, 0.3) is 0 Å². The maximum atomic E-state index is 13.1. The highest BCUT2D eigenvalue weighted by Gasteiger charge is 2.07. The molecule has 0 radical (unpaired) electrons. The number of hydrogen-bond acceptors (Lipinski definition) is 3. The Hall–Kier alpha value is -1.71. The summed E-state index contributed by atoms with van der Waals surface area (Å²) in [5.74, 6) is -1.03. The van der Waals surface area contributed by atoms with Crippen molar-refractivity contribution >= 4 is 12.3 Å². The molecule has 1 aromatic carbocycles. The molecule has 0 aromatic heterocycles. The number of rotatable bonds is 4. The summed E-state index contributed by atoms with van der Waals surface area (Å²) in [5, 5.41) is 0. The third-order valence-corrected chi connectivity index (χ3v) is 1.85. The van der Waals surface area contributed by atoms with Crippen molar-refractivity contribution in [2.24, 2.45) is 0 Å². The fourth-order valence-corrected chi connectivity index (χ4v) is 1.15. The van der Waals surface area contributed by atoms with Crippen LogP contribution in [-0.2, 0) is 16.0 Å². The Labute approximate surface area is 86.9 Å². The molecule has 0 amide bonds. The zero-order chi connectivity index (χ0) is 11.3. The van der Waals surface area contributed by atoms with Gasteiger partial charge in [0.15, 0.2) is 6.29 Å². The second-order valence-electron chi connectivity index (χ2n) is 2.96. The molecule has 3 nitrogen and oxygen atoms in total. The number of hydrogen-bond donors (Lipinski definition) is 0. The van der Waals surface area contributed by atoms with Gasteiger partial charge in [0, 0.05) is 0 Å². The first-order valence-electron chi connectivity index (χ1n) is 4.56. The minimum absolute atomic E-state index is 0.0115. The molecular formula is C11H11FO3. The summed E-state index contributed by atoms with van der Waals surface area (Å²) in [4.78, 5) is 21.4. The normalized spacial score (nSPS) is 9.73. The van der Waals surface area contributed by atoms with Crippen LogP contribution in [0.4, 0.5) is 4.39 Å². The minimum Gasteiger partial charge on any atom is -0.466 e. The van der Waals surface area contributed by atoms with E-state index < -0.39 is 11.8 Å². The number of esters is 1. The molecule has 0 spiro atoms. The van der Waals surface area contributed by atoms with E-state index in [0.717, 1.165) is 0 Å². The van der Waals surface area contributed by atoms with Crippen LogP contribution in [0.5, 0.6) is 0 Å². The van der Waals surface area contributed by atoms with Crippen molar-refractivity contribution in [2.75, 3.05) is 6.61 Å². The van der Waals surface area contributed by atoms with Crippen molar-refractivity contribution in [1.29, 1.82) is 0 Å². The number of ether oxygens (including phenoxy) is 1. The zero-order valence-electron chi connectivity index (χ0n) is 8.33. The third kappa shape index (κ3) is 3.16. The van der Waals surface area contributed by atoms with Crippen LogP contribution in [0, 0.1) is 5.82 Å². The molecule has 0 heterocycles. The Morgan fingerprint density at radius 3 is 2.80 bits per heavy atom. The van der Waals surface area contributed by atoms with Gasteiger partial charge in [0.05, 0.1) is 18.6 Å². The Morgan fingerprint density at radius 2 is 2.27 bits per heavy atom. The molecule has 0 aliphatic carbocycles. The molecule has 0 saturated heterocycles. The summed E-state index contributed by atoms with van der Waals surface area (Å²) >= 11 is 0.